The van der Waals surface area contributed by atoms with E-state index in [4.69, 9.17) is 4.74 Å². The van der Waals surface area contributed by atoms with Crippen molar-refractivity contribution in [2.45, 2.75) is 63.6 Å². The highest BCUT2D eigenvalue weighted by Gasteiger charge is 2.31. The van der Waals surface area contributed by atoms with Gasteiger partial charge in [0.2, 0.25) is 15.9 Å². The number of carbonyl (C=O) groups excluding carboxylic acids is 1. The predicted molar refractivity (Wildman–Crippen MR) is 120 cm³/mol. The number of aliphatic carboxylic acids is 1. The van der Waals surface area contributed by atoms with Crippen molar-refractivity contribution >= 4 is 27.6 Å². The van der Waals surface area contributed by atoms with Crippen molar-refractivity contribution in [3.05, 3.63) is 53.6 Å². The van der Waals surface area contributed by atoms with Crippen LogP contribution in [0.25, 0.3) is 0 Å². The van der Waals surface area contributed by atoms with Crippen LogP contribution in [0, 0.1) is 0 Å². The van der Waals surface area contributed by atoms with E-state index >= 15 is 0 Å². The van der Waals surface area contributed by atoms with Gasteiger partial charge in [0.05, 0.1) is 23.5 Å². The number of carboxylic acids is 1. The fourth-order valence-corrected chi connectivity index (χ4v) is 5.24. The second kappa shape index (κ2) is 9.30. The van der Waals surface area contributed by atoms with E-state index < -0.39 is 28.5 Å². The largest absolute Gasteiger partial charge is 0.491 e. The molecule has 0 saturated heterocycles. The molecule has 0 bridgehead atoms. The van der Waals surface area contributed by atoms with Crippen LogP contribution < -0.4 is 14.4 Å². The maximum absolute atomic E-state index is 13.1. The van der Waals surface area contributed by atoms with Gasteiger partial charge in [-0.15, -0.1) is 0 Å². The molecular formula is C23H28N2O6S. The van der Waals surface area contributed by atoms with Crippen LogP contribution in [-0.2, 0) is 26.0 Å². The molecule has 0 saturated carbocycles. The van der Waals surface area contributed by atoms with Crippen molar-refractivity contribution in [1.82, 2.24) is 4.72 Å². The quantitative estimate of drug-likeness (QED) is 0.625. The van der Waals surface area contributed by atoms with Gasteiger partial charge in [0.25, 0.3) is 0 Å². The molecule has 2 aromatic carbocycles. The molecule has 172 valence electrons. The van der Waals surface area contributed by atoms with E-state index in [-0.39, 0.29) is 22.9 Å². The number of hydrogen-bond donors (Lipinski definition) is 2. The first kappa shape index (κ1) is 23.7. The summed E-state index contributed by atoms with van der Waals surface area (Å²) in [4.78, 5) is 25.0. The van der Waals surface area contributed by atoms with E-state index in [1.807, 2.05) is 20.8 Å². The van der Waals surface area contributed by atoms with Gasteiger partial charge in [-0.05, 0) is 68.7 Å². The first-order valence-electron chi connectivity index (χ1n) is 10.4. The predicted octanol–water partition coefficient (Wildman–Crippen LogP) is 3.27. The number of carboxylic acid groups (broad SMARTS) is 1. The molecule has 0 aromatic heterocycles. The van der Waals surface area contributed by atoms with E-state index in [0.29, 0.717) is 23.4 Å². The molecule has 2 aromatic rings. The number of hydrogen-bond acceptors (Lipinski definition) is 5. The van der Waals surface area contributed by atoms with Crippen molar-refractivity contribution in [3.8, 4) is 5.75 Å². The van der Waals surface area contributed by atoms with Crippen LogP contribution in [0.3, 0.4) is 0 Å². The number of rotatable bonds is 8. The summed E-state index contributed by atoms with van der Waals surface area (Å²) in [6.45, 7) is 7.17. The molecular weight excluding hydrogens is 432 g/mol. The fraction of sp³-hybridized carbons (Fsp3) is 0.391. The van der Waals surface area contributed by atoms with Crippen LogP contribution in [0.2, 0.25) is 0 Å². The Bertz CT molecular complexity index is 1110. The Hall–Kier alpha value is -2.91. The van der Waals surface area contributed by atoms with Crippen molar-refractivity contribution in [1.29, 1.82) is 0 Å². The van der Waals surface area contributed by atoms with Crippen molar-refractivity contribution in [2.24, 2.45) is 0 Å². The number of nitrogens with one attached hydrogen (secondary N) is 1. The minimum Gasteiger partial charge on any atom is -0.491 e. The van der Waals surface area contributed by atoms with Crippen LogP contribution in [0.4, 0.5) is 5.69 Å². The average molecular weight is 461 g/mol. The van der Waals surface area contributed by atoms with Gasteiger partial charge in [0.15, 0.2) is 0 Å². The van der Waals surface area contributed by atoms with Crippen LogP contribution in [0.1, 0.15) is 51.3 Å². The number of ether oxygens (including phenoxy) is 1. The first-order chi connectivity index (χ1) is 15.0. The van der Waals surface area contributed by atoms with Crippen LogP contribution in [0.15, 0.2) is 47.4 Å². The van der Waals surface area contributed by atoms with Gasteiger partial charge in [-0.3, -0.25) is 9.59 Å². The SMILES string of the molecule is CC(=O)N1c2ccc(S(=O)(=O)N[C@@H](CC(=O)O)c3ccc(OC(C)C)cc3)cc2C[C@@H]1C. The first-order valence-corrected chi connectivity index (χ1v) is 11.9. The third-order valence-electron chi connectivity index (χ3n) is 5.25. The molecule has 2 atom stereocenters. The summed E-state index contributed by atoms with van der Waals surface area (Å²) >= 11 is 0. The van der Waals surface area contributed by atoms with E-state index in [2.05, 4.69) is 4.72 Å². The number of sulfonamides is 1. The molecule has 0 radical (unpaired) electrons. The zero-order valence-corrected chi connectivity index (χ0v) is 19.3. The molecule has 1 heterocycles. The lowest BCUT2D eigenvalue weighted by Crippen LogP contribution is -2.33. The standard InChI is InChI=1S/C23H28N2O6S/c1-14(2)31-19-7-5-17(6-8-19)21(13-23(27)28)24-32(29,30)20-9-10-22-18(12-20)11-15(3)25(22)16(4)26/h5-10,12,14-15,21,24H,11,13H2,1-4H3,(H,27,28)/t15-,21-/m0/s1. The lowest BCUT2D eigenvalue weighted by Gasteiger charge is -2.21. The van der Waals surface area contributed by atoms with E-state index in [1.165, 1.54) is 13.0 Å². The monoisotopic (exact) mass is 460 g/mol. The number of carbonyl (C=O) groups is 2. The normalized spacial score (nSPS) is 16.7. The maximum Gasteiger partial charge on any atom is 0.305 e. The zero-order chi connectivity index (χ0) is 23.6. The highest BCUT2D eigenvalue weighted by molar-refractivity contribution is 7.89. The maximum atomic E-state index is 13.1. The van der Waals surface area contributed by atoms with E-state index in [0.717, 1.165) is 5.56 Å². The molecule has 3 rings (SSSR count). The van der Waals surface area contributed by atoms with Gasteiger partial charge in [-0.1, -0.05) is 12.1 Å². The summed E-state index contributed by atoms with van der Waals surface area (Å²) < 4.78 is 34.3. The van der Waals surface area contributed by atoms with Gasteiger partial charge in [0, 0.05) is 18.7 Å². The van der Waals surface area contributed by atoms with Gasteiger partial charge in [-0.2, -0.15) is 0 Å². The molecule has 0 fully saturated rings. The molecule has 9 heteroatoms. The zero-order valence-electron chi connectivity index (χ0n) is 18.5. The molecule has 2 N–H and O–H groups in total. The Kier molecular flexibility index (Phi) is 6.90. The van der Waals surface area contributed by atoms with Crippen LogP contribution >= 0.6 is 0 Å². The van der Waals surface area contributed by atoms with Crippen molar-refractivity contribution in [3.63, 3.8) is 0 Å². The fourth-order valence-electron chi connectivity index (χ4n) is 3.96. The number of anilines is 1. The number of nitrogens with zero attached hydrogens (tertiary/aromatic N) is 1. The van der Waals surface area contributed by atoms with E-state index in [1.54, 1.807) is 41.3 Å². The minimum atomic E-state index is -4.01. The third-order valence-corrected chi connectivity index (χ3v) is 6.72. The Morgan fingerprint density at radius 3 is 2.41 bits per heavy atom. The molecule has 0 aliphatic carbocycles. The smallest absolute Gasteiger partial charge is 0.305 e. The van der Waals surface area contributed by atoms with Gasteiger partial charge >= 0.3 is 5.97 Å². The highest BCUT2D eigenvalue weighted by Crippen LogP contribution is 2.34. The molecule has 1 aliphatic rings. The van der Waals surface area contributed by atoms with Crippen molar-refractivity contribution < 1.29 is 27.9 Å². The number of benzene rings is 2. The minimum absolute atomic E-state index is 0.0179. The lowest BCUT2D eigenvalue weighted by atomic mass is 10.0. The highest BCUT2D eigenvalue weighted by atomic mass is 32.2. The summed E-state index contributed by atoms with van der Waals surface area (Å²) in [7, 11) is -4.01. The molecule has 0 unspecified atom stereocenters. The number of fused-ring (bicyclic) bond motifs is 1. The van der Waals surface area contributed by atoms with Gasteiger partial charge in [-0.25, -0.2) is 13.1 Å². The van der Waals surface area contributed by atoms with Gasteiger partial charge < -0.3 is 14.7 Å². The Morgan fingerprint density at radius 2 is 1.84 bits per heavy atom. The lowest BCUT2D eigenvalue weighted by molar-refractivity contribution is -0.137. The summed E-state index contributed by atoms with van der Waals surface area (Å²) in [5.41, 5.74) is 1.98. The topological polar surface area (TPSA) is 113 Å². The molecule has 0 spiro atoms. The Balaban J connectivity index is 1.87. The van der Waals surface area contributed by atoms with E-state index in [9.17, 15) is 23.1 Å². The summed E-state index contributed by atoms with van der Waals surface area (Å²) in [6, 6.07) is 10.3. The number of amides is 1. The van der Waals surface area contributed by atoms with Crippen molar-refractivity contribution in [2.75, 3.05) is 4.90 Å². The summed E-state index contributed by atoms with van der Waals surface area (Å²) in [6.07, 6.45) is 0.119. The molecule has 1 amide bonds. The molecule has 1 aliphatic heterocycles. The van der Waals surface area contributed by atoms with Gasteiger partial charge in [0.1, 0.15) is 5.75 Å². The molecule has 32 heavy (non-hydrogen) atoms. The molecule has 8 nitrogen and oxygen atoms in total. The van der Waals surface area contributed by atoms with Crippen LogP contribution in [0.5, 0.6) is 5.75 Å². The summed E-state index contributed by atoms with van der Waals surface area (Å²) in [5.74, 6) is -0.611. The Morgan fingerprint density at radius 1 is 1.19 bits per heavy atom. The second-order valence-electron chi connectivity index (χ2n) is 8.24. The average Bonchev–Trinajstić information content (AvgIpc) is 3.02. The van der Waals surface area contributed by atoms with Crippen LogP contribution in [-0.4, -0.2) is 37.5 Å². The third kappa shape index (κ3) is 5.28. The Labute approximate surface area is 188 Å². The second-order valence-corrected chi connectivity index (χ2v) is 9.95. The summed E-state index contributed by atoms with van der Waals surface area (Å²) in [5, 5.41) is 9.33.